The second-order valence-electron chi connectivity index (χ2n) is 8.23. The number of amides is 1. The molecule has 0 aliphatic carbocycles. The van der Waals surface area contributed by atoms with E-state index < -0.39 is 5.63 Å². The van der Waals surface area contributed by atoms with E-state index in [0.717, 1.165) is 43.8 Å². The van der Waals surface area contributed by atoms with Gasteiger partial charge in [-0.05, 0) is 62.7 Å². The number of benzene rings is 1. The average Bonchev–Trinajstić information content (AvgIpc) is 2.69. The van der Waals surface area contributed by atoms with E-state index in [9.17, 15) is 9.59 Å². The molecule has 3 heterocycles. The molecule has 0 saturated carbocycles. The van der Waals surface area contributed by atoms with Crippen LogP contribution in [-0.2, 0) is 0 Å². The summed E-state index contributed by atoms with van der Waals surface area (Å²) in [5.74, 6) is 1.13. The molecule has 2 aliphatic rings. The molecule has 5 heteroatoms. The summed E-state index contributed by atoms with van der Waals surface area (Å²) in [6, 6.07) is 9.00. The van der Waals surface area contributed by atoms with E-state index in [-0.39, 0.29) is 11.5 Å². The van der Waals surface area contributed by atoms with Gasteiger partial charge in [0.2, 0.25) is 0 Å². The highest BCUT2D eigenvalue weighted by Crippen LogP contribution is 2.23. The van der Waals surface area contributed by atoms with E-state index in [1.165, 1.54) is 25.9 Å². The maximum atomic E-state index is 13.0. The lowest BCUT2D eigenvalue weighted by molar-refractivity contribution is 0.0618. The quantitative estimate of drug-likeness (QED) is 0.780. The van der Waals surface area contributed by atoms with Gasteiger partial charge in [0.1, 0.15) is 11.1 Å². The van der Waals surface area contributed by atoms with Crippen LogP contribution >= 0.6 is 0 Å². The monoisotopic (exact) mass is 368 g/mol. The predicted octanol–water partition coefficient (Wildman–Crippen LogP) is 3.38. The first-order valence-corrected chi connectivity index (χ1v) is 10.1. The number of hydrogen-bond acceptors (Lipinski definition) is 4. The first kappa shape index (κ1) is 18.2. The van der Waals surface area contributed by atoms with Crippen molar-refractivity contribution in [2.45, 2.75) is 32.6 Å². The van der Waals surface area contributed by atoms with Crippen LogP contribution in [0.1, 0.15) is 43.0 Å². The molecule has 0 unspecified atom stereocenters. The Bertz CT molecular complexity index is 867. The van der Waals surface area contributed by atoms with Gasteiger partial charge >= 0.3 is 5.63 Å². The molecule has 27 heavy (non-hydrogen) atoms. The lowest BCUT2D eigenvalue weighted by Gasteiger charge is -2.37. The summed E-state index contributed by atoms with van der Waals surface area (Å²) in [7, 11) is 0. The van der Waals surface area contributed by atoms with Crippen molar-refractivity contribution in [1.82, 2.24) is 9.80 Å². The SMILES string of the molecule is CC1CCN(C[C@@H]2CCCN(C(=O)c3cc4ccccc4oc3=O)C2)CC1. The summed E-state index contributed by atoms with van der Waals surface area (Å²) in [6.07, 6.45) is 4.70. The van der Waals surface area contributed by atoms with Crippen LogP contribution in [0.2, 0.25) is 0 Å². The van der Waals surface area contributed by atoms with Gasteiger partial charge in [-0.1, -0.05) is 25.1 Å². The molecule has 0 spiro atoms. The fourth-order valence-corrected chi connectivity index (χ4v) is 4.39. The van der Waals surface area contributed by atoms with Crippen molar-refractivity contribution >= 4 is 16.9 Å². The highest BCUT2D eigenvalue weighted by atomic mass is 16.4. The fourth-order valence-electron chi connectivity index (χ4n) is 4.39. The molecule has 2 aromatic rings. The van der Waals surface area contributed by atoms with Crippen molar-refractivity contribution in [2.24, 2.45) is 11.8 Å². The number of carbonyl (C=O) groups excluding carboxylic acids is 1. The number of para-hydroxylation sites is 1. The summed E-state index contributed by atoms with van der Waals surface area (Å²) in [5, 5.41) is 0.788. The lowest BCUT2D eigenvalue weighted by Crippen LogP contribution is -2.46. The molecule has 2 saturated heterocycles. The Morgan fingerprint density at radius 3 is 2.74 bits per heavy atom. The van der Waals surface area contributed by atoms with Gasteiger partial charge in [-0.25, -0.2) is 4.79 Å². The molecule has 1 amide bonds. The van der Waals surface area contributed by atoms with Crippen molar-refractivity contribution < 1.29 is 9.21 Å². The normalized spacial score (nSPS) is 22.3. The first-order valence-electron chi connectivity index (χ1n) is 10.1. The van der Waals surface area contributed by atoms with E-state index in [2.05, 4.69) is 11.8 Å². The highest BCUT2D eigenvalue weighted by molar-refractivity contribution is 5.96. The minimum absolute atomic E-state index is 0.154. The van der Waals surface area contributed by atoms with Gasteiger partial charge in [0.05, 0.1) is 0 Å². The molecule has 0 radical (unpaired) electrons. The van der Waals surface area contributed by atoms with E-state index in [0.29, 0.717) is 11.5 Å². The maximum absolute atomic E-state index is 13.0. The van der Waals surface area contributed by atoms with Gasteiger partial charge in [-0.3, -0.25) is 4.79 Å². The van der Waals surface area contributed by atoms with E-state index in [1.807, 2.05) is 23.1 Å². The Balaban J connectivity index is 1.45. The Hall–Kier alpha value is -2.14. The smallest absolute Gasteiger partial charge is 0.349 e. The van der Waals surface area contributed by atoms with Crippen LogP contribution in [0, 0.1) is 11.8 Å². The van der Waals surface area contributed by atoms with Gasteiger partial charge < -0.3 is 14.2 Å². The fraction of sp³-hybridized carbons (Fsp3) is 0.545. The van der Waals surface area contributed by atoms with E-state index in [1.54, 1.807) is 12.1 Å². The van der Waals surface area contributed by atoms with Crippen LogP contribution in [0.5, 0.6) is 0 Å². The average molecular weight is 368 g/mol. The molecular formula is C22H28N2O3. The van der Waals surface area contributed by atoms with E-state index >= 15 is 0 Å². The van der Waals surface area contributed by atoms with Gasteiger partial charge in [0.25, 0.3) is 5.91 Å². The number of piperidine rings is 2. The number of nitrogens with zero attached hydrogens (tertiary/aromatic N) is 2. The van der Waals surface area contributed by atoms with Crippen LogP contribution in [-0.4, -0.2) is 48.4 Å². The third-order valence-electron chi connectivity index (χ3n) is 6.07. The molecule has 4 rings (SSSR count). The van der Waals surface area contributed by atoms with Crippen molar-refractivity contribution in [1.29, 1.82) is 0 Å². The topological polar surface area (TPSA) is 53.8 Å². The van der Waals surface area contributed by atoms with Crippen molar-refractivity contribution in [2.75, 3.05) is 32.7 Å². The van der Waals surface area contributed by atoms with Crippen LogP contribution in [0.4, 0.5) is 0 Å². The Labute approximate surface area is 159 Å². The minimum atomic E-state index is -0.536. The summed E-state index contributed by atoms with van der Waals surface area (Å²) < 4.78 is 5.35. The Morgan fingerprint density at radius 2 is 1.93 bits per heavy atom. The molecule has 0 N–H and O–H groups in total. The molecule has 2 fully saturated rings. The number of carbonyl (C=O) groups is 1. The molecule has 0 bridgehead atoms. The number of fused-ring (bicyclic) bond motifs is 1. The molecule has 2 aliphatic heterocycles. The molecular weight excluding hydrogens is 340 g/mol. The minimum Gasteiger partial charge on any atom is -0.422 e. The van der Waals surface area contributed by atoms with Gasteiger partial charge in [0.15, 0.2) is 0 Å². The van der Waals surface area contributed by atoms with Crippen molar-refractivity contribution in [3.05, 3.63) is 46.3 Å². The number of hydrogen-bond donors (Lipinski definition) is 0. The summed E-state index contributed by atoms with van der Waals surface area (Å²) in [6.45, 7) is 7.17. The summed E-state index contributed by atoms with van der Waals surface area (Å²) in [4.78, 5) is 29.7. The van der Waals surface area contributed by atoms with Crippen LogP contribution < -0.4 is 5.63 Å². The van der Waals surface area contributed by atoms with Crippen LogP contribution in [0.25, 0.3) is 11.0 Å². The van der Waals surface area contributed by atoms with Gasteiger partial charge in [0, 0.05) is 25.0 Å². The Morgan fingerprint density at radius 1 is 1.15 bits per heavy atom. The Kier molecular flexibility index (Phi) is 5.30. The highest BCUT2D eigenvalue weighted by Gasteiger charge is 2.28. The maximum Gasteiger partial charge on any atom is 0.349 e. The van der Waals surface area contributed by atoms with Gasteiger partial charge in [-0.15, -0.1) is 0 Å². The predicted molar refractivity (Wildman–Crippen MR) is 106 cm³/mol. The van der Waals surface area contributed by atoms with Crippen LogP contribution in [0.15, 0.2) is 39.5 Å². The zero-order valence-corrected chi connectivity index (χ0v) is 16.0. The molecule has 1 aromatic carbocycles. The van der Waals surface area contributed by atoms with Gasteiger partial charge in [-0.2, -0.15) is 0 Å². The standard InChI is InChI=1S/C22H28N2O3/c1-16-8-11-23(12-9-16)14-17-5-4-10-24(15-17)21(25)19-13-18-6-2-3-7-20(18)27-22(19)26/h2-3,6-7,13,16-17H,4-5,8-12,14-15H2,1H3/t17-/m0/s1. The third kappa shape index (κ3) is 4.08. The summed E-state index contributed by atoms with van der Waals surface area (Å²) in [5.41, 5.74) is 0.141. The van der Waals surface area contributed by atoms with Crippen molar-refractivity contribution in [3.8, 4) is 0 Å². The second-order valence-corrected chi connectivity index (χ2v) is 8.23. The lowest BCUT2D eigenvalue weighted by atomic mass is 9.94. The second kappa shape index (κ2) is 7.85. The largest absolute Gasteiger partial charge is 0.422 e. The van der Waals surface area contributed by atoms with E-state index in [4.69, 9.17) is 4.42 Å². The third-order valence-corrected chi connectivity index (χ3v) is 6.07. The number of rotatable bonds is 3. The number of likely N-dealkylation sites (tertiary alicyclic amines) is 2. The molecule has 1 atom stereocenters. The molecule has 1 aromatic heterocycles. The zero-order chi connectivity index (χ0) is 18.8. The first-order chi connectivity index (χ1) is 13.1. The molecule has 5 nitrogen and oxygen atoms in total. The van der Waals surface area contributed by atoms with Crippen molar-refractivity contribution in [3.63, 3.8) is 0 Å². The zero-order valence-electron chi connectivity index (χ0n) is 16.0. The van der Waals surface area contributed by atoms with Crippen LogP contribution in [0.3, 0.4) is 0 Å². The molecule has 144 valence electrons. The summed E-state index contributed by atoms with van der Waals surface area (Å²) >= 11 is 0.